The Hall–Kier alpha value is -2.24. The fraction of sp³-hybridized carbons (Fsp3) is 0.176. The summed E-state index contributed by atoms with van der Waals surface area (Å²) in [6.07, 6.45) is -0.855. The van der Waals surface area contributed by atoms with Gasteiger partial charge in [-0.2, -0.15) is 0 Å². The zero-order valence-corrected chi connectivity index (χ0v) is 14.5. The van der Waals surface area contributed by atoms with Crippen LogP contribution in [0.3, 0.4) is 0 Å². The number of esters is 1. The van der Waals surface area contributed by atoms with Crippen molar-refractivity contribution in [3.63, 3.8) is 0 Å². The number of hydrogen-bond donors (Lipinski definition) is 1. The third kappa shape index (κ3) is 4.40. The molecule has 1 amide bonds. The van der Waals surface area contributed by atoms with Gasteiger partial charge in [0.15, 0.2) is 6.10 Å². The monoisotopic (exact) mass is 367 g/mol. The Morgan fingerprint density at radius 3 is 2.54 bits per heavy atom. The van der Waals surface area contributed by atoms with Crippen LogP contribution >= 0.6 is 23.2 Å². The first-order valence-electron chi connectivity index (χ1n) is 7.02. The number of ether oxygens (including phenoxy) is 2. The number of carbonyl (C=O) groups excluding carboxylic acids is 2. The van der Waals surface area contributed by atoms with Gasteiger partial charge in [-0.05, 0) is 31.2 Å². The smallest absolute Gasteiger partial charge is 0.339 e. The van der Waals surface area contributed by atoms with Gasteiger partial charge in [0.05, 0.1) is 23.4 Å². The average Bonchev–Trinajstić information content (AvgIpc) is 2.57. The highest BCUT2D eigenvalue weighted by atomic mass is 35.5. The standard InChI is InChI=1S/C17H15Cl2NO4/c1-10(24-15-9-11(18)7-8-13(15)19)16(21)20-14-6-4-3-5-12(14)17(22)23-2/h3-10H,1-2H3,(H,20,21). The molecule has 0 fully saturated rings. The van der Waals surface area contributed by atoms with E-state index in [1.54, 1.807) is 43.3 Å². The van der Waals surface area contributed by atoms with Crippen molar-refractivity contribution in [2.45, 2.75) is 13.0 Å². The first-order valence-corrected chi connectivity index (χ1v) is 7.78. The minimum atomic E-state index is -0.855. The first kappa shape index (κ1) is 18.1. The predicted molar refractivity (Wildman–Crippen MR) is 93.0 cm³/mol. The van der Waals surface area contributed by atoms with Gasteiger partial charge in [-0.3, -0.25) is 4.79 Å². The summed E-state index contributed by atoms with van der Waals surface area (Å²) >= 11 is 11.9. The van der Waals surface area contributed by atoms with Crippen LogP contribution in [0.2, 0.25) is 10.0 Å². The quantitative estimate of drug-likeness (QED) is 0.804. The van der Waals surface area contributed by atoms with Gasteiger partial charge in [0.2, 0.25) is 0 Å². The number of halogens is 2. The maximum atomic E-state index is 12.3. The molecule has 1 atom stereocenters. The highest BCUT2D eigenvalue weighted by molar-refractivity contribution is 6.34. The van der Waals surface area contributed by atoms with Crippen LogP contribution in [0.1, 0.15) is 17.3 Å². The minimum Gasteiger partial charge on any atom is -0.479 e. The summed E-state index contributed by atoms with van der Waals surface area (Å²) < 4.78 is 10.2. The van der Waals surface area contributed by atoms with Crippen LogP contribution in [0.4, 0.5) is 5.69 Å². The summed E-state index contributed by atoms with van der Waals surface area (Å²) in [6, 6.07) is 11.2. The third-order valence-corrected chi connectivity index (χ3v) is 3.70. The third-order valence-electron chi connectivity index (χ3n) is 3.16. The van der Waals surface area contributed by atoms with Crippen LogP contribution in [0.15, 0.2) is 42.5 Å². The van der Waals surface area contributed by atoms with Crippen LogP contribution in [-0.2, 0) is 9.53 Å². The molecule has 2 aromatic carbocycles. The van der Waals surface area contributed by atoms with Crippen LogP contribution in [0.25, 0.3) is 0 Å². The van der Waals surface area contributed by atoms with Crippen molar-refractivity contribution in [1.82, 2.24) is 0 Å². The molecule has 0 heterocycles. The molecule has 7 heteroatoms. The van der Waals surface area contributed by atoms with E-state index in [0.717, 1.165) is 0 Å². The summed E-state index contributed by atoms with van der Waals surface area (Å²) in [5.41, 5.74) is 0.586. The Bertz CT molecular complexity index is 764. The highest BCUT2D eigenvalue weighted by Crippen LogP contribution is 2.28. The van der Waals surface area contributed by atoms with E-state index in [4.69, 9.17) is 27.9 Å². The molecule has 0 aliphatic rings. The van der Waals surface area contributed by atoms with E-state index in [9.17, 15) is 9.59 Å². The number of methoxy groups -OCH3 is 1. The van der Waals surface area contributed by atoms with E-state index in [-0.39, 0.29) is 5.56 Å². The Morgan fingerprint density at radius 1 is 1.12 bits per heavy atom. The van der Waals surface area contributed by atoms with Crippen LogP contribution < -0.4 is 10.1 Å². The zero-order valence-electron chi connectivity index (χ0n) is 13.0. The van der Waals surface area contributed by atoms with Crippen molar-refractivity contribution >= 4 is 40.8 Å². The number of para-hydroxylation sites is 1. The summed E-state index contributed by atoms with van der Waals surface area (Å²) in [5, 5.41) is 3.42. The molecule has 24 heavy (non-hydrogen) atoms. The van der Waals surface area contributed by atoms with E-state index in [2.05, 4.69) is 10.1 Å². The fourth-order valence-electron chi connectivity index (χ4n) is 1.93. The average molecular weight is 368 g/mol. The highest BCUT2D eigenvalue weighted by Gasteiger charge is 2.19. The Balaban J connectivity index is 2.12. The molecule has 2 aromatic rings. The molecule has 0 saturated carbocycles. The second-order valence-electron chi connectivity index (χ2n) is 4.86. The lowest BCUT2D eigenvalue weighted by Gasteiger charge is -2.17. The lowest BCUT2D eigenvalue weighted by atomic mass is 10.1. The topological polar surface area (TPSA) is 64.6 Å². The SMILES string of the molecule is COC(=O)c1ccccc1NC(=O)C(C)Oc1cc(Cl)ccc1Cl. The summed E-state index contributed by atoms with van der Waals surface area (Å²) in [7, 11) is 1.27. The van der Waals surface area contributed by atoms with E-state index in [1.165, 1.54) is 13.2 Å². The molecule has 126 valence electrons. The molecule has 0 radical (unpaired) electrons. The summed E-state index contributed by atoms with van der Waals surface area (Å²) in [6.45, 7) is 1.56. The van der Waals surface area contributed by atoms with Gasteiger partial charge in [0, 0.05) is 11.1 Å². The van der Waals surface area contributed by atoms with E-state index in [1.807, 2.05) is 0 Å². The van der Waals surface area contributed by atoms with Gasteiger partial charge >= 0.3 is 5.97 Å². The van der Waals surface area contributed by atoms with Crippen molar-refractivity contribution in [3.05, 3.63) is 58.1 Å². The molecular formula is C17H15Cl2NO4. The van der Waals surface area contributed by atoms with Gasteiger partial charge in [-0.15, -0.1) is 0 Å². The summed E-state index contributed by atoms with van der Waals surface area (Å²) in [5.74, 6) is -0.687. The number of amides is 1. The van der Waals surface area contributed by atoms with E-state index < -0.39 is 18.0 Å². The maximum absolute atomic E-state index is 12.3. The van der Waals surface area contributed by atoms with Crippen molar-refractivity contribution in [2.75, 3.05) is 12.4 Å². The second kappa shape index (κ2) is 8.04. The minimum absolute atomic E-state index is 0.251. The molecule has 0 spiro atoms. The first-order chi connectivity index (χ1) is 11.4. The van der Waals surface area contributed by atoms with Gasteiger partial charge in [-0.25, -0.2) is 4.79 Å². The second-order valence-corrected chi connectivity index (χ2v) is 5.70. The largest absolute Gasteiger partial charge is 0.479 e. The number of anilines is 1. The molecule has 0 saturated heterocycles. The molecule has 0 aromatic heterocycles. The van der Waals surface area contributed by atoms with Crippen molar-refractivity contribution in [2.24, 2.45) is 0 Å². The Morgan fingerprint density at radius 2 is 1.83 bits per heavy atom. The number of nitrogens with one attached hydrogen (secondary N) is 1. The van der Waals surface area contributed by atoms with E-state index in [0.29, 0.717) is 21.5 Å². The molecule has 0 bridgehead atoms. The van der Waals surface area contributed by atoms with E-state index >= 15 is 0 Å². The molecular weight excluding hydrogens is 353 g/mol. The molecule has 1 unspecified atom stereocenters. The van der Waals surface area contributed by atoms with Crippen molar-refractivity contribution in [3.8, 4) is 5.75 Å². The normalized spacial score (nSPS) is 11.5. The van der Waals surface area contributed by atoms with Gasteiger partial charge in [-0.1, -0.05) is 35.3 Å². The number of carbonyl (C=O) groups is 2. The van der Waals surface area contributed by atoms with Crippen LogP contribution in [0, 0.1) is 0 Å². The molecule has 1 N–H and O–H groups in total. The summed E-state index contributed by atoms with van der Waals surface area (Å²) in [4.78, 5) is 24.0. The molecule has 5 nitrogen and oxygen atoms in total. The van der Waals surface area contributed by atoms with Gasteiger partial charge in [0.1, 0.15) is 5.75 Å². The van der Waals surface area contributed by atoms with Gasteiger partial charge < -0.3 is 14.8 Å². The zero-order chi connectivity index (χ0) is 17.7. The molecule has 0 aliphatic carbocycles. The number of benzene rings is 2. The van der Waals surface area contributed by atoms with Crippen LogP contribution in [-0.4, -0.2) is 25.1 Å². The Kier molecular flexibility index (Phi) is 6.06. The molecule has 2 rings (SSSR count). The Labute approximate surface area is 149 Å². The predicted octanol–water partition coefficient (Wildman–Crippen LogP) is 4.19. The lowest BCUT2D eigenvalue weighted by molar-refractivity contribution is -0.122. The van der Waals surface area contributed by atoms with Crippen molar-refractivity contribution < 1.29 is 19.1 Å². The number of hydrogen-bond acceptors (Lipinski definition) is 4. The number of rotatable bonds is 5. The van der Waals surface area contributed by atoms with Gasteiger partial charge in [0.25, 0.3) is 5.91 Å². The van der Waals surface area contributed by atoms with Crippen molar-refractivity contribution in [1.29, 1.82) is 0 Å². The van der Waals surface area contributed by atoms with Crippen LogP contribution in [0.5, 0.6) is 5.75 Å². The maximum Gasteiger partial charge on any atom is 0.339 e. The lowest BCUT2D eigenvalue weighted by Crippen LogP contribution is -2.30. The molecule has 0 aliphatic heterocycles. The fourth-order valence-corrected chi connectivity index (χ4v) is 2.25.